The smallest absolute Gasteiger partial charge is 0.301 e. The number of imidazole rings is 1. The third-order valence-corrected chi connectivity index (χ3v) is 5.03. The lowest BCUT2D eigenvalue weighted by atomic mass is 9.98. The number of fused-ring (bicyclic) bond motifs is 1. The van der Waals surface area contributed by atoms with Crippen molar-refractivity contribution in [2.45, 2.75) is 27.3 Å². The lowest BCUT2D eigenvalue weighted by molar-refractivity contribution is 0.0972. The van der Waals surface area contributed by atoms with Crippen molar-refractivity contribution in [3.63, 3.8) is 0 Å². The number of halogens is 1. The Bertz CT molecular complexity index is 1180. The van der Waals surface area contributed by atoms with Crippen molar-refractivity contribution in [2.75, 3.05) is 0 Å². The Morgan fingerprint density at radius 2 is 1.65 bits per heavy atom. The van der Waals surface area contributed by atoms with Gasteiger partial charge >= 0.3 is 5.69 Å². The first-order valence-corrected chi connectivity index (χ1v) is 8.44. The van der Waals surface area contributed by atoms with Crippen LogP contribution in [0, 0.1) is 20.8 Å². The third kappa shape index (κ3) is 2.68. The van der Waals surface area contributed by atoms with Crippen LogP contribution in [-0.4, -0.2) is 24.5 Å². The predicted molar refractivity (Wildman–Crippen MR) is 100 cm³/mol. The Balaban J connectivity index is 2.17. The monoisotopic (exact) mass is 374 g/mol. The van der Waals surface area contributed by atoms with Crippen LogP contribution in [0.2, 0.25) is 5.28 Å². The fourth-order valence-corrected chi connectivity index (χ4v) is 3.28. The second kappa shape index (κ2) is 6.25. The first kappa shape index (κ1) is 18.1. The van der Waals surface area contributed by atoms with E-state index in [-0.39, 0.29) is 28.8 Å². The summed E-state index contributed by atoms with van der Waals surface area (Å²) in [6.07, 6.45) is 0. The van der Waals surface area contributed by atoms with Crippen LogP contribution in [0.5, 0.6) is 0 Å². The van der Waals surface area contributed by atoms with Crippen LogP contribution < -0.4 is 11.2 Å². The summed E-state index contributed by atoms with van der Waals surface area (Å²) in [7, 11) is 2.89. The molecule has 3 aromatic rings. The molecule has 0 fully saturated rings. The predicted octanol–water partition coefficient (Wildman–Crippen LogP) is 1.90. The molecule has 2 heterocycles. The van der Waals surface area contributed by atoms with Crippen molar-refractivity contribution < 1.29 is 4.79 Å². The van der Waals surface area contributed by atoms with E-state index >= 15 is 0 Å². The number of ketones is 1. The number of benzene rings is 1. The molecule has 0 aliphatic carbocycles. The lowest BCUT2D eigenvalue weighted by Gasteiger charge is -2.11. The second-order valence-electron chi connectivity index (χ2n) is 6.52. The zero-order valence-corrected chi connectivity index (χ0v) is 16.0. The van der Waals surface area contributed by atoms with Gasteiger partial charge in [-0.05, 0) is 55.1 Å². The summed E-state index contributed by atoms with van der Waals surface area (Å²) in [5.74, 6) is -0.178. The van der Waals surface area contributed by atoms with Crippen molar-refractivity contribution in [2.24, 2.45) is 14.1 Å². The van der Waals surface area contributed by atoms with Crippen LogP contribution in [0.3, 0.4) is 0 Å². The van der Waals surface area contributed by atoms with Crippen LogP contribution >= 0.6 is 11.6 Å². The van der Waals surface area contributed by atoms with Crippen LogP contribution in [-0.2, 0) is 20.6 Å². The number of hydrogen-bond donors (Lipinski definition) is 0. The summed E-state index contributed by atoms with van der Waals surface area (Å²) in [6.45, 7) is 5.67. The Hall–Kier alpha value is -2.67. The van der Waals surface area contributed by atoms with Crippen LogP contribution in [0.4, 0.5) is 0 Å². The van der Waals surface area contributed by atoms with Crippen molar-refractivity contribution >= 4 is 28.5 Å². The van der Waals surface area contributed by atoms with E-state index in [9.17, 15) is 14.4 Å². The summed E-state index contributed by atoms with van der Waals surface area (Å²) in [5, 5.41) is -0.00635. The second-order valence-corrected chi connectivity index (χ2v) is 6.86. The van der Waals surface area contributed by atoms with E-state index in [0.29, 0.717) is 5.56 Å². The third-order valence-electron chi connectivity index (χ3n) is 4.74. The topological polar surface area (TPSA) is 78.9 Å². The van der Waals surface area contributed by atoms with Crippen molar-refractivity contribution in [1.29, 1.82) is 0 Å². The molecular formula is C18H19ClN4O3. The Morgan fingerprint density at radius 1 is 1.04 bits per heavy atom. The van der Waals surface area contributed by atoms with Crippen LogP contribution in [0.1, 0.15) is 27.0 Å². The summed E-state index contributed by atoms with van der Waals surface area (Å²) < 4.78 is 3.57. The lowest BCUT2D eigenvalue weighted by Crippen LogP contribution is -2.37. The minimum Gasteiger partial charge on any atom is -0.301 e. The van der Waals surface area contributed by atoms with Crippen LogP contribution in [0.25, 0.3) is 11.2 Å². The highest BCUT2D eigenvalue weighted by molar-refractivity contribution is 6.29. The normalized spacial score (nSPS) is 11.3. The van der Waals surface area contributed by atoms with E-state index in [1.165, 1.54) is 23.2 Å². The van der Waals surface area contributed by atoms with E-state index in [1.54, 1.807) is 0 Å². The summed E-state index contributed by atoms with van der Waals surface area (Å²) in [5.41, 5.74) is 2.81. The molecule has 136 valence electrons. The highest BCUT2D eigenvalue weighted by atomic mass is 35.5. The molecule has 0 bridgehead atoms. The number of aromatic nitrogens is 4. The number of carbonyl (C=O) groups excluding carboxylic acids is 1. The SMILES string of the molecule is Cc1cc(C)c(C(=O)Cn2c(Cl)nc3c2c(=O)n(C)c(=O)n3C)cc1C. The maximum atomic E-state index is 12.9. The molecule has 0 spiro atoms. The van der Waals surface area contributed by atoms with Crippen molar-refractivity contribution in [1.82, 2.24) is 18.7 Å². The van der Waals surface area contributed by atoms with E-state index in [1.807, 2.05) is 32.9 Å². The first-order valence-electron chi connectivity index (χ1n) is 8.06. The Kier molecular flexibility index (Phi) is 4.36. The van der Waals surface area contributed by atoms with Gasteiger partial charge in [0.05, 0.1) is 6.54 Å². The largest absolute Gasteiger partial charge is 0.332 e. The van der Waals surface area contributed by atoms with Gasteiger partial charge in [-0.15, -0.1) is 0 Å². The fourth-order valence-electron chi connectivity index (χ4n) is 3.05. The molecule has 3 rings (SSSR count). The molecule has 1 aromatic carbocycles. The van der Waals surface area contributed by atoms with Crippen molar-refractivity contribution in [3.8, 4) is 0 Å². The highest BCUT2D eigenvalue weighted by Gasteiger charge is 2.21. The quantitative estimate of drug-likeness (QED) is 0.518. The van der Waals surface area contributed by atoms with Gasteiger partial charge in [0.2, 0.25) is 5.28 Å². The minimum absolute atomic E-state index is 0.00635. The van der Waals surface area contributed by atoms with E-state index in [0.717, 1.165) is 21.3 Å². The average Bonchev–Trinajstić information content (AvgIpc) is 2.91. The standard InChI is InChI=1S/C18H19ClN4O3/c1-9-6-11(3)12(7-10(9)2)13(24)8-23-14-15(20-17(23)19)21(4)18(26)22(5)16(14)25/h6-7H,8H2,1-5H3. The summed E-state index contributed by atoms with van der Waals surface area (Å²) >= 11 is 6.18. The number of rotatable bonds is 3. The van der Waals surface area contributed by atoms with Gasteiger partial charge in [0.25, 0.3) is 5.56 Å². The molecule has 0 radical (unpaired) electrons. The molecule has 0 saturated heterocycles. The maximum Gasteiger partial charge on any atom is 0.332 e. The highest BCUT2D eigenvalue weighted by Crippen LogP contribution is 2.20. The molecule has 0 amide bonds. The van der Waals surface area contributed by atoms with E-state index in [4.69, 9.17) is 11.6 Å². The van der Waals surface area contributed by atoms with Gasteiger partial charge in [0.15, 0.2) is 16.9 Å². The van der Waals surface area contributed by atoms with Gasteiger partial charge < -0.3 is 4.57 Å². The van der Waals surface area contributed by atoms with Gasteiger partial charge in [-0.3, -0.25) is 18.7 Å². The molecule has 8 heteroatoms. The molecule has 0 aliphatic rings. The number of aryl methyl sites for hydroxylation is 4. The van der Waals surface area contributed by atoms with Crippen LogP contribution in [0.15, 0.2) is 21.7 Å². The molecule has 0 unspecified atom stereocenters. The number of Topliss-reactive ketones (excluding diaryl/α,β-unsaturated/α-hetero) is 1. The zero-order chi connectivity index (χ0) is 19.3. The van der Waals surface area contributed by atoms with Gasteiger partial charge in [-0.2, -0.15) is 4.98 Å². The molecule has 0 atom stereocenters. The fraction of sp³-hybridized carbons (Fsp3) is 0.333. The Morgan fingerprint density at radius 3 is 2.31 bits per heavy atom. The molecule has 26 heavy (non-hydrogen) atoms. The first-order chi connectivity index (χ1) is 12.1. The Labute approximate surface area is 154 Å². The van der Waals surface area contributed by atoms with Gasteiger partial charge in [-0.25, -0.2) is 4.79 Å². The number of carbonyl (C=O) groups is 1. The van der Waals surface area contributed by atoms with Gasteiger partial charge in [-0.1, -0.05) is 6.07 Å². The number of nitrogens with zero attached hydrogens (tertiary/aromatic N) is 4. The maximum absolute atomic E-state index is 12.9. The van der Waals surface area contributed by atoms with Gasteiger partial charge in [0.1, 0.15) is 0 Å². The molecular weight excluding hydrogens is 356 g/mol. The van der Waals surface area contributed by atoms with Gasteiger partial charge in [0, 0.05) is 19.7 Å². The summed E-state index contributed by atoms with van der Waals surface area (Å²) in [4.78, 5) is 41.5. The molecule has 0 aliphatic heterocycles. The summed E-state index contributed by atoms with van der Waals surface area (Å²) in [6, 6.07) is 3.80. The molecule has 7 nitrogen and oxygen atoms in total. The number of hydrogen-bond acceptors (Lipinski definition) is 4. The van der Waals surface area contributed by atoms with E-state index in [2.05, 4.69) is 4.98 Å². The molecule has 0 saturated carbocycles. The zero-order valence-electron chi connectivity index (χ0n) is 15.3. The molecule has 0 N–H and O–H groups in total. The molecule has 2 aromatic heterocycles. The van der Waals surface area contributed by atoms with Crippen molar-refractivity contribution in [3.05, 3.63) is 60.5 Å². The van der Waals surface area contributed by atoms with E-state index < -0.39 is 11.2 Å². The average molecular weight is 375 g/mol. The minimum atomic E-state index is -0.535.